The monoisotopic (exact) mass is 598 g/mol. The van der Waals surface area contributed by atoms with Crippen molar-refractivity contribution in [1.82, 2.24) is 0 Å². The van der Waals surface area contributed by atoms with Crippen molar-refractivity contribution in [3.63, 3.8) is 0 Å². The summed E-state index contributed by atoms with van der Waals surface area (Å²) in [6.07, 6.45) is 17.2. The van der Waals surface area contributed by atoms with E-state index in [0.29, 0.717) is 0 Å². The maximum Gasteiger partial charge on any atom is 0.0332 e. The number of allylic oxidation sites excluding steroid dienone is 5. The van der Waals surface area contributed by atoms with Crippen molar-refractivity contribution in [2.24, 2.45) is 15.0 Å². The Hall–Kier alpha value is 0.502. The first-order valence-electron chi connectivity index (χ1n) is 7.63. The Morgan fingerprint density at radius 1 is 1.11 bits per heavy atom. The molecule has 0 spiro atoms. The van der Waals surface area contributed by atoms with Crippen LogP contribution >= 0.6 is 0 Å². The van der Waals surface area contributed by atoms with Crippen LogP contribution in [-0.2, 0) is 98.1 Å². The fourth-order valence-electron chi connectivity index (χ4n) is 1.22. The van der Waals surface area contributed by atoms with Crippen LogP contribution in [0.25, 0.3) is 0 Å². The summed E-state index contributed by atoms with van der Waals surface area (Å²) < 4.78 is 0. The molecular formula is C22H25N3Y3-6. The predicted octanol–water partition coefficient (Wildman–Crippen LogP) is 5.70. The first-order chi connectivity index (χ1) is 12.2. The summed E-state index contributed by atoms with van der Waals surface area (Å²) in [5.74, 6) is 0. The number of nitrogens with zero attached hydrogens (tertiary/aromatic N) is 3. The molecule has 143 valence electrons. The summed E-state index contributed by atoms with van der Waals surface area (Å²) in [7, 11) is 0. The normalized spacial score (nSPS) is 10.5. The Labute approximate surface area is 247 Å². The van der Waals surface area contributed by atoms with Gasteiger partial charge in [0.25, 0.3) is 0 Å². The van der Waals surface area contributed by atoms with Crippen molar-refractivity contribution in [3.8, 4) is 0 Å². The van der Waals surface area contributed by atoms with E-state index in [4.69, 9.17) is 13.2 Å². The number of hydrogen-bond donors (Lipinski definition) is 0. The van der Waals surface area contributed by atoms with Gasteiger partial charge >= 0.3 is 0 Å². The molecule has 0 unspecified atom stereocenters. The third kappa shape index (κ3) is 34.0. The number of rotatable bonds is 3. The molecular weight excluding hydrogens is 573 g/mol. The van der Waals surface area contributed by atoms with Crippen LogP contribution in [0.3, 0.4) is 0 Å². The van der Waals surface area contributed by atoms with Gasteiger partial charge in [0.15, 0.2) is 0 Å². The van der Waals surface area contributed by atoms with E-state index in [-0.39, 0.29) is 98.1 Å². The van der Waals surface area contributed by atoms with Crippen molar-refractivity contribution in [1.29, 1.82) is 0 Å². The van der Waals surface area contributed by atoms with Gasteiger partial charge in [-0.1, -0.05) is 6.08 Å². The molecule has 0 saturated carbocycles. The SMILES string of the molecule is CC1=CCC=N1.C[C-]=Nc1[c-]cccc1.[CH-]=CC=[C-]C.[CH-]=CN=[C-]C.[Y].[Y].[Y]. The van der Waals surface area contributed by atoms with Crippen LogP contribution in [0.5, 0.6) is 0 Å². The van der Waals surface area contributed by atoms with Gasteiger partial charge in [0.05, 0.1) is 0 Å². The smallest absolute Gasteiger partial charge is 0.0332 e. The van der Waals surface area contributed by atoms with Gasteiger partial charge in [-0.05, 0) is 6.92 Å². The molecule has 1 aromatic carbocycles. The van der Waals surface area contributed by atoms with Gasteiger partial charge < -0.3 is 47.6 Å². The molecule has 0 N–H and O–H groups in total. The van der Waals surface area contributed by atoms with Crippen molar-refractivity contribution in [3.05, 3.63) is 79.7 Å². The Morgan fingerprint density at radius 2 is 1.79 bits per heavy atom. The molecule has 0 fully saturated rings. The average molecular weight is 598 g/mol. The predicted molar refractivity (Wildman–Crippen MR) is 109 cm³/mol. The van der Waals surface area contributed by atoms with Crippen molar-refractivity contribution < 1.29 is 98.1 Å². The summed E-state index contributed by atoms with van der Waals surface area (Å²) in [4.78, 5) is 11.2. The summed E-state index contributed by atoms with van der Waals surface area (Å²) in [5.41, 5.74) is 1.98. The van der Waals surface area contributed by atoms with Crippen molar-refractivity contribution in [2.75, 3.05) is 0 Å². The van der Waals surface area contributed by atoms with Gasteiger partial charge in [-0.2, -0.15) is 30.6 Å². The fraction of sp³-hybridized carbons (Fsp3) is 0.227. The largest absolute Gasteiger partial charge is 0.601 e. The summed E-state index contributed by atoms with van der Waals surface area (Å²) in [5, 5.41) is 0. The van der Waals surface area contributed by atoms with Gasteiger partial charge in [-0.15, -0.1) is 20.8 Å². The summed E-state index contributed by atoms with van der Waals surface area (Å²) >= 11 is 0. The molecule has 0 aromatic heterocycles. The molecule has 0 aliphatic carbocycles. The van der Waals surface area contributed by atoms with Crippen molar-refractivity contribution in [2.45, 2.75) is 34.1 Å². The Morgan fingerprint density at radius 3 is 2.00 bits per heavy atom. The van der Waals surface area contributed by atoms with E-state index in [1.165, 1.54) is 12.3 Å². The number of aliphatic imine (C=N–C) groups is 3. The van der Waals surface area contributed by atoms with Crippen LogP contribution in [0.2, 0.25) is 0 Å². The Balaban J connectivity index is -0.0000000839. The zero-order valence-corrected chi connectivity index (χ0v) is 25.6. The number of hydrogen-bond acceptors (Lipinski definition) is 3. The van der Waals surface area contributed by atoms with Gasteiger partial charge in [0.1, 0.15) is 0 Å². The molecule has 3 radical (unpaired) electrons. The van der Waals surface area contributed by atoms with Crippen molar-refractivity contribution >= 4 is 24.3 Å². The topological polar surface area (TPSA) is 37.1 Å². The molecule has 0 saturated heterocycles. The Bertz CT molecular complexity index is 572. The maximum atomic E-state index is 4.90. The molecule has 0 amide bonds. The van der Waals surface area contributed by atoms with Gasteiger partial charge in [-0.25, -0.2) is 11.8 Å². The molecule has 1 aliphatic heterocycles. The molecule has 28 heavy (non-hydrogen) atoms. The number of para-hydroxylation sites is 1. The molecule has 2 rings (SSSR count). The fourth-order valence-corrected chi connectivity index (χ4v) is 1.22. The third-order valence-electron chi connectivity index (χ3n) is 2.21. The van der Waals surface area contributed by atoms with E-state index >= 15 is 0 Å². The average Bonchev–Trinajstić information content (AvgIpc) is 3.10. The molecule has 1 heterocycles. The molecule has 0 bridgehead atoms. The minimum atomic E-state index is 0. The van der Waals surface area contributed by atoms with Crippen LogP contribution < -0.4 is 0 Å². The molecule has 3 nitrogen and oxygen atoms in total. The van der Waals surface area contributed by atoms with Crippen LogP contribution in [0.1, 0.15) is 34.1 Å². The first kappa shape index (κ1) is 39.0. The van der Waals surface area contributed by atoms with Crippen LogP contribution in [0, 0.1) is 25.3 Å². The zero-order chi connectivity index (χ0) is 19.2. The minimum Gasteiger partial charge on any atom is -0.601 e. The molecule has 1 aromatic rings. The second kappa shape index (κ2) is 35.0. The van der Waals surface area contributed by atoms with Crippen LogP contribution in [-0.4, -0.2) is 18.6 Å². The van der Waals surface area contributed by atoms with E-state index in [1.807, 2.05) is 37.4 Å². The maximum absolute atomic E-state index is 4.90. The minimum absolute atomic E-state index is 0. The number of benzene rings is 1. The molecule has 6 heteroatoms. The quantitative estimate of drug-likeness (QED) is 0.244. The van der Waals surface area contributed by atoms with E-state index < -0.39 is 0 Å². The Kier molecular flexibility index (Phi) is 48.7. The van der Waals surface area contributed by atoms with E-state index in [0.717, 1.165) is 17.8 Å². The standard InChI is InChI=1S/C8H7N.C5H7N.C5H6.C4H5N.3Y/c1-2-9-8-6-4-3-5-7-8;1-5-3-2-4-6-5;2*1-3-5-4-2;;;/h3-6H,1H3;3-4H,2H2,1H3;1,3,5H,2H3;1,3H,2H3;;;/q-2;;2*-2;;;. The summed E-state index contributed by atoms with van der Waals surface area (Å²) in [6, 6.07) is 10.5. The van der Waals surface area contributed by atoms with E-state index in [1.54, 1.807) is 26.8 Å². The van der Waals surface area contributed by atoms with E-state index in [2.05, 4.69) is 45.6 Å². The zero-order valence-electron chi connectivity index (χ0n) is 17.1. The third-order valence-corrected chi connectivity index (χ3v) is 2.21. The van der Waals surface area contributed by atoms with Crippen LogP contribution in [0.4, 0.5) is 5.69 Å². The molecule has 0 atom stereocenters. The van der Waals surface area contributed by atoms with E-state index in [9.17, 15) is 0 Å². The van der Waals surface area contributed by atoms with Crippen LogP contribution in [0.15, 0.2) is 69.4 Å². The second-order valence-electron chi connectivity index (χ2n) is 4.13. The van der Waals surface area contributed by atoms with Gasteiger partial charge in [0, 0.05) is 116 Å². The molecule has 1 aliphatic rings. The first-order valence-corrected chi connectivity index (χ1v) is 7.63. The summed E-state index contributed by atoms with van der Waals surface area (Å²) in [6.45, 7) is 16.9. The second-order valence-corrected chi connectivity index (χ2v) is 4.13. The van der Waals surface area contributed by atoms with Gasteiger partial charge in [-0.3, -0.25) is 11.1 Å². The van der Waals surface area contributed by atoms with Gasteiger partial charge in [0.2, 0.25) is 0 Å².